The van der Waals surface area contributed by atoms with Crippen molar-refractivity contribution >= 4 is 0 Å². The number of rotatable bonds is 6. The van der Waals surface area contributed by atoms with Gasteiger partial charge in [0.1, 0.15) is 12.2 Å². The summed E-state index contributed by atoms with van der Waals surface area (Å²) >= 11 is 0. The third kappa shape index (κ3) is 4.28. The Morgan fingerprint density at radius 1 is 1.30 bits per heavy atom. The zero-order chi connectivity index (χ0) is 16.1. The SMILES string of the molecule is Cc1nncn1CCN1CCCC(COc2ccccc2F)C1. The van der Waals surface area contributed by atoms with Crippen LogP contribution in [0, 0.1) is 18.7 Å². The molecule has 5 nitrogen and oxygen atoms in total. The summed E-state index contributed by atoms with van der Waals surface area (Å²) in [6, 6.07) is 6.60. The molecule has 1 aromatic carbocycles. The first kappa shape index (κ1) is 15.9. The molecule has 0 spiro atoms. The summed E-state index contributed by atoms with van der Waals surface area (Å²) in [6.07, 6.45) is 4.07. The molecule has 1 atom stereocenters. The molecule has 6 heteroatoms. The molecule has 0 radical (unpaired) electrons. The summed E-state index contributed by atoms with van der Waals surface area (Å²) in [5.74, 6) is 1.46. The average Bonchev–Trinajstić information content (AvgIpc) is 2.98. The van der Waals surface area contributed by atoms with E-state index in [2.05, 4.69) is 19.7 Å². The minimum absolute atomic E-state index is 0.289. The smallest absolute Gasteiger partial charge is 0.165 e. The van der Waals surface area contributed by atoms with Gasteiger partial charge in [-0.1, -0.05) is 12.1 Å². The quantitative estimate of drug-likeness (QED) is 0.821. The Morgan fingerprint density at radius 2 is 2.17 bits per heavy atom. The van der Waals surface area contributed by atoms with Crippen LogP contribution < -0.4 is 4.74 Å². The Labute approximate surface area is 136 Å². The fourth-order valence-corrected chi connectivity index (χ4v) is 3.04. The summed E-state index contributed by atoms with van der Waals surface area (Å²) in [5, 5.41) is 7.92. The van der Waals surface area contributed by atoms with E-state index in [0.717, 1.165) is 44.8 Å². The van der Waals surface area contributed by atoms with Crippen LogP contribution in [0.2, 0.25) is 0 Å². The van der Waals surface area contributed by atoms with Crippen molar-refractivity contribution in [3.63, 3.8) is 0 Å². The highest BCUT2D eigenvalue weighted by Gasteiger charge is 2.20. The number of hydrogen-bond donors (Lipinski definition) is 0. The number of aromatic nitrogens is 3. The lowest BCUT2D eigenvalue weighted by Gasteiger charge is -2.32. The van der Waals surface area contributed by atoms with Crippen LogP contribution in [-0.2, 0) is 6.54 Å². The van der Waals surface area contributed by atoms with E-state index in [1.807, 2.05) is 6.92 Å². The normalized spacial score (nSPS) is 19.0. The van der Waals surface area contributed by atoms with Gasteiger partial charge in [0.2, 0.25) is 0 Å². The number of likely N-dealkylation sites (tertiary alicyclic amines) is 1. The van der Waals surface area contributed by atoms with E-state index < -0.39 is 0 Å². The van der Waals surface area contributed by atoms with Crippen molar-refractivity contribution in [2.45, 2.75) is 26.3 Å². The topological polar surface area (TPSA) is 43.2 Å². The highest BCUT2D eigenvalue weighted by Crippen LogP contribution is 2.20. The van der Waals surface area contributed by atoms with Crippen molar-refractivity contribution in [1.29, 1.82) is 0 Å². The van der Waals surface area contributed by atoms with Gasteiger partial charge < -0.3 is 14.2 Å². The molecule has 0 saturated carbocycles. The molecule has 1 aromatic heterocycles. The molecular formula is C17H23FN4O. The predicted octanol–water partition coefficient (Wildman–Crippen LogP) is 2.52. The summed E-state index contributed by atoms with van der Waals surface area (Å²) in [6.45, 7) is 6.53. The van der Waals surface area contributed by atoms with Crippen LogP contribution in [0.4, 0.5) is 4.39 Å². The van der Waals surface area contributed by atoms with Gasteiger partial charge in [0.15, 0.2) is 11.6 Å². The number of aryl methyl sites for hydroxylation is 1. The molecule has 1 aliphatic heterocycles. The molecule has 0 bridgehead atoms. The highest BCUT2D eigenvalue weighted by atomic mass is 19.1. The molecule has 2 aromatic rings. The molecule has 2 heterocycles. The molecule has 1 aliphatic rings. The zero-order valence-electron chi connectivity index (χ0n) is 13.5. The van der Waals surface area contributed by atoms with Crippen molar-refractivity contribution in [3.05, 3.63) is 42.2 Å². The number of hydrogen-bond acceptors (Lipinski definition) is 4. The Hall–Kier alpha value is -1.95. The second kappa shape index (κ2) is 7.55. The maximum atomic E-state index is 13.6. The lowest BCUT2D eigenvalue weighted by molar-refractivity contribution is 0.125. The van der Waals surface area contributed by atoms with Gasteiger partial charge in [0, 0.05) is 25.6 Å². The lowest BCUT2D eigenvalue weighted by Crippen LogP contribution is -2.39. The van der Waals surface area contributed by atoms with Gasteiger partial charge in [-0.25, -0.2) is 4.39 Å². The molecule has 1 saturated heterocycles. The van der Waals surface area contributed by atoms with Crippen molar-refractivity contribution in [2.75, 3.05) is 26.2 Å². The summed E-state index contributed by atoms with van der Waals surface area (Å²) in [7, 11) is 0. The van der Waals surface area contributed by atoms with Gasteiger partial charge in [-0.05, 0) is 38.4 Å². The Morgan fingerprint density at radius 3 is 2.96 bits per heavy atom. The van der Waals surface area contributed by atoms with Crippen molar-refractivity contribution in [2.24, 2.45) is 5.92 Å². The second-order valence-corrected chi connectivity index (χ2v) is 6.12. The molecule has 3 rings (SSSR count). The number of para-hydroxylation sites is 1. The monoisotopic (exact) mass is 318 g/mol. The van der Waals surface area contributed by atoms with E-state index in [1.54, 1.807) is 24.5 Å². The van der Waals surface area contributed by atoms with E-state index in [4.69, 9.17) is 4.74 Å². The van der Waals surface area contributed by atoms with Gasteiger partial charge in [-0.2, -0.15) is 0 Å². The number of piperidine rings is 1. The van der Waals surface area contributed by atoms with Crippen molar-refractivity contribution < 1.29 is 9.13 Å². The molecule has 124 valence electrons. The van der Waals surface area contributed by atoms with Crippen LogP contribution in [0.15, 0.2) is 30.6 Å². The minimum Gasteiger partial charge on any atom is -0.490 e. The molecular weight excluding hydrogens is 295 g/mol. The molecule has 0 N–H and O–H groups in total. The van der Waals surface area contributed by atoms with E-state index in [9.17, 15) is 4.39 Å². The maximum Gasteiger partial charge on any atom is 0.165 e. The number of benzene rings is 1. The third-order valence-electron chi connectivity index (χ3n) is 4.38. The van der Waals surface area contributed by atoms with Crippen molar-refractivity contribution in [1.82, 2.24) is 19.7 Å². The molecule has 23 heavy (non-hydrogen) atoms. The molecule has 0 aliphatic carbocycles. The van der Waals surface area contributed by atoms with Crippen LogP contribution in [0.5, 0.6) is 5.75 Å². The second-order valence-electron chi connectivity index (χ2n) is 6.12. The van der Waals surface area contributed by atoms with Gasteiger partial charge in [-0.15, -0.1) is 10.2 Å². The zero-order valence-corrected chi connectivity index (χ0v) is 13.5. The molecule has 1 fully saturated rings. The van der Waals surface area contributed by atoms with Crippen LogP contribution >= 0.6 is 0 Å². The largest absolute Gasteiger partial charge is 0.490 e. The van der Waals surface area contributed by atoms with E-state index in [0.29, 0.717) is 18.3 Å². The van der Waals surface area contributed by atoms with Crippen LogP contribution in [0.1, 0.15) is 18.7 Å². The standard InChI is InChI=1S/C17H23FN4O/c1-14-20-19-13-22(14)10-9-21-8-4-5-15(11-21)12-23-17-7-3-2-6-16(17)18/h2-3,6-7,13,15H,4-5,8-12H2,1H3. The molecule has 1 unspecified atom stereocenters. The van der Waals surface area contributed by atoms with Crippen LogP contribution in [0.3, 0.4) is 0 Å². The maximum absolute atomic E-state index is 13.6. The van der Waals surface area contributed by atoms with E-state index in [-0.39, 0.29) is 5.82 Å². The van der Waals surface area contributed by atoms with Gasteiger partial charge in [-0.3, -0.25) is 0 Å². The number of halogens is 1. The average molecular weight is 318 g/mol. The molecule has 0 amide bonds. The highest BCUT2D eigenvalue weighted by molar-refractivity contribution is 5.23. The Kier molecular flexibility index (Phi) is 5.23. The lowest BCUT2D eigenvalue weighted by atomic mass is 9.99. The summed E-state index contributed by atoms with van der Waals surface area (Å²) in [5.41, 5.74) is 0. The van der Waals surface area contributed by atoms with Crippen LogP contribution in [-0.4, -0.2) is 45.9 Å². The van der Waals surface area contributed by atoms with Crippen LogP contribution in [0.25, 0.3) is 0 Å². The summed E-state index contributed by atoms with van der Waals surface area (Å²) < 4.78 is 21.3. The number of ether oxygens (including phenoxy) is 1. The Bertz CT molecular complexity index is 631. The van der Waals surface area contributed by atoms with E-state index >= 15 is 0 Å². The number of nitrogens with zero attached hydrogens (tertiary/aromatic N) is 4. The Balaban J connectivity index is 1.46. The van der Waals surface area contributed by atoms with E-state index in [1.165, 1.54) is 6.07 Å². The summed E-state index contributed by atoms with van der Waals surface area (Å²) in [4.78, 5) is 2.44. The minimum atomic E-state index is -0.289. The fraction of sp³-hybridized carbons (Fsp3) is 0.529. The first-order valence-corrected chi connectivity index (χ1v) is 8.16. The van der Waals surface area contributed by atoms with Crippen molar-refractivity contribution in [3.8, 4) is 5.75 Å². The van der Waals surface area contributed by atoms with Gasteiger partial charge in [0.25, 0.3) is 0 Å². The first-order chi connectivity index (χ1) is 11.2. The third-order valence-corrected chi connectivity index (χ3v) is 4.38. The van der Waals surface area contributed by atoms with Gasteiger partial charge in [0.05, 0.1) is 6.61 Å². The predicted molar refractivity (Wildman–Crippen MR) is 85.8 cm³/mol. The fourth-order valence-electron chi connectivity index (χ4n) is 3.04. The first-order valence-electron chi connectivity index (χ1n) is 8.16. The van der Waals surface area contributed by atoms with Gasteiger partial charge >= 0.3 is 0 Å².